The highest BCUT2D eigenvalue weighted by Gasteiger charge is 2.28. The van der Waals surface area contributed by atoms with Crippen LogP contribution in [-0.4, -0.2) is 29.9 Å². The Morgan fingerprint density at radius 2 is 2.27 bits per heavy atom. The normalized spacial score (nSPS) is 23.6. The van der Waals surface area contributed by atoms with Crippen molar-refractivity contribution in [2.24, 2.45) is 11.7 Å². The molecule has 1 amide bonds. The molecular weight excluding hydrogens is 272 g/mol. The molecule has 3 heteroatoms. The zero-order chi connectivity index (χ0) is 15.9. The van der Waals surface area contributed by atoms with Crippen LogP contribution in [0.3, 0.4) is 0 Å². The standard InChI is InChI=1S/C19H22N2O/c1-3-4-7-16-10-11-17-8-5-6-9-18(17)21(14-15(16)2)19(22)12-13-20/h3-9,17-18H,1,12-14,20H2,2H3. The van der Waals surface area contributed by atoms with E-state index >= 15 is 0 Å². The Balaban J connectivity index is 2.40. The van der Waals surface area contributed by atoms with Crippen LogP contribution in [0, 0.1) is 17.8 Å². The summed E-state index contributed by atoms with van der Waals surface area (Å²) in [5, 5.41) is 0. The summed E-state index contributed by atoms with van der Waals surface area (Å²) in [7, 11) is 0. The van der Waals surface area contributed by atoms with Crippen LogP contribution in [0.15, 0.2) is 60.3 Å². The van der Waals surface area contributed by atoms with Gasteiger partial charge >= 0.3 is 0 Å². The number of carbonyl (C=O) groups excluding carboxylic acids is 1. The zero-order valence-electron chi connectivity index (χ0n) is 13.0. The minimum absolute atomic E-state index is 0.0172. The number of amides is 1. The summed E-state index contributed by atoms with van der Waals surface area (Å²) in [6.45, 7) is 6.64. The average molecular weight is 294 g/mol. The molecule has 2 N–H and O–H groups in total. The second-order valence-corrected chi connectivity index (χ2v) is 5.40. The lowest BCUT2D eigenvalue weighted by Gasteiger charge is -2.35. The molecule has 1 aliphatic carbocycles. The topological polar surface area (TPSA) is 46.3 Å². The van der Waals surface area contributed by atoms with Gasteiger partial charge in [-0.3, -0.25) is 4.79 Å². The SMILES string of the molecule is C=CC=CC1=C(C)CN(C(=O)CCN)C2C=CC=CC2C#C1. The molecule has 22 heavy (non-hydrogen) atoms. The van der Waals surface area contributed by atoms with Crippen LogP contribution in [0.1, 0.15) is 13.3 Å². The molecule has 3 nitrogen and oxygen atoms in total. The van der Waals surface area contributed by atoms with Crippen molar-refractivity contribution in [1.82, 2.24) is 4.90 Å². The van der Waals surface area contributed by atoms with Crippen LogP contribution in [0.5, 0.6) is 0 Å². The fraction of sp³-hybridized carbons (Fsp3) is 0.316. The van der Waals surface area contributed by atoms with Crippen molar-refractivity contribution in [1.29, 1.82) is 0 Å². The molecule has 0 radical (unpaired) electrons. The first-order valence-electron chi connectivity index (χ1n) is 7.52. The Bertz CT molecular complexity index is 626. The van der Waals surface area contributed by atoms with Gasteiger partial charge in [0.25, 0.3) is 0 Å². The summed E-state index contributed by atoms with van der Waals surface area (Å²) in [6.07, 6.45) is 14.0. The Labute approximate surface area is 132 Å². The molecule has 2 rings (SSSR count). The highest BCUT2D eigenvalue weighted by molar-refractivity contribution is 5.77. The van der Waals surface area contributed by atoms with Crippen LogP contribution >= 0.6 is 0 Å². The summed E-state index contributed by atoms with van der Waals surface area (Å²) in [6, 6.07) is -0.0172. The van der Waals surface area contributed by atoms with E-state index < -0.39 is 0 Å². The third-order valence-corrected chi connectivity index (χ3v) is 3.78. The van der Waals surface area contributed by atoms with E-state index in [0.717, 1.165) is 11.1 Å². The lowest BCUT2D eigenvalue weighted by atomic mass is 9.91. The molecule has 0 saturated heterocycles. The van der Waals surface area contributed by atoms with Crippen molar-refractivity contribution in [2.45, 2.75) is 19.4 Å². The highest BCUT2D eigenvalue weighted by Crippen LogP contribution is 2.23. The quantitative estimate of drug-likeness (QED) is 0.639. The lowest BCUT2D eigenvalue weighted by Crippen LogP contribution is -2.45. The lowest BCUT2D eigenvalue weighted by molar-refractivity contribution is -0.132. The zero-order valence-corrected chi connectivity index (χ0v) is 13.0. The van der Waals surface area contributed by atoms with Crippen molar-refractivity contribution in [3.05, 3.63) is 60.3 Å². The molecule has 2 atom stereocenters. The second kappa shape index (κ2) is 7.63. The number of hydrogen-bond acceptors (Lipinski definition) is 2. The minimum atomic E-state index is -0.0172. The van der Waals surface area contributed by atoms with Crippen molar-refractivity contribution < 1.29 is 4.79 Å². The first kappa shape index (κ1) is 16.1. The molecule has 0 spiro atoms. The molecule has 2 unspecified atom stereocenters. The van der Waals surface area contributed by atoms with E-state index in [2.05, 4.69) is 24.5 Å². The molecule has 0 bridgehead atoms. The fourth-order valence-electron chi connectivity index (χ4n) is 2.61. The van der Waals surface area contributed by atoms with Gasteiger partial charge in [-0.15, -0.1) is 0 Å². The van der Waals surface area contributed by atoms with E-state index in [9.17, 15) is 4.79 Å². The van der Waals surface area contributed by atoms with Gasteiger partial charge in [-0.2, -0.15) is 0 Å². The number of fused-ring (bicyclic) bond motifs is 1. The van der Waals surface area contributed by atoms with E-state index in [4.69, 9.17) is 5.73 Å². The molecule has 1 heterocycles. The number of allylic oxidation sites excluding steroid dienone is 6. The molecule has 2 aliphatic rings. The van der Waals surface area contributed by atoms with E-state index in [0.29, 0.717) is 19.5 Å². The van der Waals surface area contributed by atoms with Gasteiger partial charge in [-0.05, 0) is 18.6 Å². The molecule has 0 aromatic carbocycles. The van der Waals surface area contributed by atoms with Gasteiger partial charge < -0.3 is 10.6 Å². The Morgan fingerprint density at radius 3 is 3.00 bits per heavy atom. The van der Waals surface area contributed by atoms with Crippen molar-refractivity contribution in [2.75, 3.05) is 13.1 Å². The molecule has 1 aliphatic heterocycles. The number of nitrogens with zero attached hydrogens (tertiary/aromatic N) is 1. The molecule has 0 aromatic heterocycles. The van der Waals surface area contributed by atoms with E-state index in [1.54, 1.807) is 6.08 Å². The summed E-state index contributed by atoms with van der Waals surface area (Å²) >= 11 is 0. The molecule has 114 valence electrons. The predicted molar refractivity (Wildman–Crippen MR) is 90.8 cm³/mol. The van der Waals surface area contributed by atoms with E-state index in [1.807, 2.05) is 42.2 Å². The fourth-order valence-corrected chi connectivity index (χ4v) is 2.61. The number of rotatable bonds is 4. The third-order valence-electron chi connectivity index (χ3n) is 3.78. The van der Waals surface area contributed by atoms with Crippen LogP contribution in [0.4, 0.5) is 0 Å². The van der Waals surface area contributed by atoms with Crippen LogP contribution in [-0.2, 0) is 4.79 Å². The number of carbonyl (C=O) groups is 1. The molecule has 0 aromatic rings. The smallest absolute Gasteiger partial charge is 0.224 e. The van der Waals surface area contributed by atoms with Gasteiger partial charge in [0.15, 0.2) is 0 Å². The van der Waals surface area contributed by atoms with Gasteiger partial charge in [0, 0.05) is 25.1 Å². The second-order valence-electron chi connectivity index (χ2n) is 5.40. The number of hydrogen-bond donors (Lipinski definition) is 1. The predicted octanol–water partition coefficient (Wildman–Crippen LogP) is 2.35. The van der Waals surface area contributed by atoms with Crippen LogP contribution in [0.25, 0.3) is 0 Å². The third kappa shape index (κ3) is 3.66. The Hall–Kier alpha value is -2.31. The summed E-state index contributed by atoms with van der Waals surface area (Å²) in [5.41, 5.74) is 7.59. The summed E-state index contributed by atoms with van der Waals surface area (Å²) < 4.78 is 0. The molecule has 0 saturated carbocycles. The van der Waals surface area contributed by atoms with Crippen molar-refractivity contribution in [3.8, 4) is 11.8 Å². The van der Waals surface area contributed by atoms with Gasteiger partial charge in [0.1, 0.15) is 0 Å². The van der Waals surface area contributed by atoms with E-state index in [1.165, 1.54) is 0 Å². The summed E-state index contributed by atoms with van der Waals surface area (Å²) in [4.78, 5) is 14.4. The maximum absolute atomic E-state index is 12.5. The minimum Gasteiger partial charge on any atom is -0.331 e. The molecule has 0 fully saturated rings. The van der Waals surface area contributed by atoms with Gasteiger partial charge in [-0.1, -0.05) is 54.9 Å². The van der Waals surface area contributed by atoms with Crippen LogP contribution in [0.2, 0.25) is 0 Å². The summed E-state index contributed by atoms with van der Waals surface area (Å²) in [5.74, 6) is 6.62. The van der Waals surface area contributed by atoms with Crippen molar-refractivity contribution >= 4 is 5.91 Å². The highest BCUT2D eigenvalue weighted by atomic mass is 16.2. The van der Waals surface area contributed by atoms with Gasteiger partial charge in [-0.25, -0.2) is 0 Å². The van der Waals surface area contributed by atoms with Gasteiger partial charge in [0.05, 0.1) is 12.0 Å². The number of nitrogens with two attached hydrogens (primary N) is 1. The van der Waals surface area contributed by atoms with Crippen LogP contribution < -0.4 is 5.73 Å². The average Bonchev–Trinajstić information content (AvgIpc) is 2.51. The van der Waals surface area contributed by atoms with Gasteiger partial charge in [0.2, 0.25) is 5.91 Å². The van der Waals surface area contributed by atoms with Crippen molar-refractivity contribution in [3.63, 3.8) is 0 Å². The first-order valence-corrected chi connectivity index (χ1v) is 7.52. The first-order chi connectivity index (χ1) is 10.7. The van der Waals surface area contributed by atoms with E-state index in [-0.39, 0.29) is 17.9 Å². The maximum atomic E-state index is 12.5. The molecular formula is C19H22N2O. The Kier molecular flexibility index (Phi) is 5.57. The maximum Gasteiger partial charge on any atom is 0.224 e. The monoisotopic (exact) mass is 294 g/mol. The largest absolute Gasteiger partial charge is 0.331 e. The Morgan fingerprint density at radius 1 is 1.50 bits per heavy atom.